The number of rotatable bonds is 1. The number of aromatic nitrogens is 2. The molecule has 0 aromatic carbocycles. The fourth-order valence-electron chi connectivity index (χ4n) is 2.11. The summed E-state index contributed by atoms with van der Waals surface area (Å²) in [7, 11) is 4.29. The van der Waals surface area contributed by atoms with E-state index in [1.807, 2.05) is 6.07 Å². The molecule has 4 nitrogen and oxygen atoms in total. The number of hydrogen-bond acceptors (Lipinski definition) is 4. The Morgan fingerprint density at radius 3 is 2.47 bits per heavy atom. The number of nitrogens with zero attached hydrogens (tertiary/aromatic N) is 4. The van der Waals surface area contributed by atoms with Crippen LogP contribution in [-0.2, 0) is 0 Å². The topological polar surface area (TPSA) is 32.3 Å². The second kappa shape index (κ2) is 5.73. The summed E-state index contributed by atoms with van der Waals surface area (Å²) in [6, 6.07) is 2.13. The van der Waals surface area contributed by atoms with Crippen LogP contribution in [0.5, 0.6) is 0 Å². The first kappa shape index (κ1) is 13.4. The van der Waals surface area contributed by atoms with Crippen LogP contribution in [-0.4, -0.2) is 53.5 Å². The molecular formula is C11H16Br2N4. The largest absolute Gasteiger partial charge is 0.304 e. The van der Waals surface area contributed by atoms with Crippen LogP contribution in [0.25, 0.3) is 0 Å². The maximum absolute atomic E-state index is 4.49. The Balaban J connectivity index is 2.28. The second-order valence-electron chi connectivity index (χ2n) is 4.48. The van der Waals surface area contributed by atoms with Crippen molar-refractivity contribution < 1.29 is 0 Å². The van der Waals surface area contributed by atoms with Gasteiger partial charge in [0.15, 0.2) is 0 Å². The van der Waals surface area contributed by atoms with E-state index >= 15 is 0 Å². The lowest BCUT2D eigenvalue weighted by Crippen LogP contribution is -2.32. The van der Waals surface area contributed by atoms with Gasteiger partial charge in [-0.25, -0.2) is 9.97 Å². The van der Waals surface area contributed by atoms with Crippen molar-refractivity contribution in [2.24, 2.45) is 0 Å². The van der Waals surface area contributed by atoms with Gasteiger partial charge in [0, 0.05) is 12.6 Å². The second-order valence-corrected chi connectivity index (χ2v) is 6.11. The lowest BCUT2D eigenvalue weighted by molar-refractivity contribution is 0.219. The third-order valence-electron chi connectivity index (χ3n) is 3.05. The van der Waals surface area contributed by atoms with Gasteiger partial charge in [0.2, 0.25) is 0 Å². The zero-order valence-electron chi connectivity index (χ0n) is 10.0. The van der Waals surface area contributed by atoms with Crippen molar-refractivity contribution >= 4 is 31.9 Å². The summed E-state index contributed by atoms with van der Waals surface area (Å²) in [5.74, 6) is 0.877. The standard InChI is InChI=1S/C11H16Br2N4/c1-16-4-3-5-17(2)8(7-16)11-14-9(12)6-10(13)15-11/h6,8H,3-5,7H2,1-2H3. The van der Waals surface area contributed by atoms with Gasteiger partial charge in [-0.2, -0.15) is 0 Å². The van der Waals surface area contributed by atoms with Crippen LogP contribution in [0.2, 0.25) is 0 Å². The van der Waals surface area contributed by atoms with Crippen LogP contribution in [0.15, 0.2) is 15.3 Å². The molecule has 1 aliphatic heterocycles. The van der Waals surface area contributed by atoms with Crippen molar-refractivity contribution in [2.75, 3.05) is 33.7 Å². The predicted octanol–water partition coefficient (Wildman–Crippen LogP) is 2.31. The third-order valence-corrected chi connectivity index (χ3v) is 3.86. The maximum atomic E-state index is 4.49. The quantitative estimate of drug-likeness (QED) is 0.716. The minimum absolute atomic E-state index is 0.260. The minimum atomic E-state index is 0.260. The van der Waals surface area contributed by atoms with Gasteiger partial charge in [-0.3, -0.25) is 4.90 Å². The molecule has 1 aromatic heterocycles. The van der Waals surface area contributed by atoms with Crippen LogP contribution in [0.3, 0.4) is 0 Å². The summed E-state index contributed by atoms with van der Waals surface area (Å²) in [5, 5.41) is 0. The summed E-state index contributed by atoms with van der Waals surface area (Å²) >= 11 is 6.84. The predicted molar refractivity (Wildman–Crippen MR) is 74.9 cm³/mol. The average Bonchev–Trinajstić information content (AvgIpc) is 2.39. The van der Waals surface area contributed by atoms with E-state index in [0.29, 0.717) is 0 Å². The van der Waals surface area contributed by atoms with Crippen LogP contribution in [0, 0.1) is 0 Å². The van der Waals surface area contributed by atoms with E-state index in [-0.39, 0.29) is 6.04 Å². The molecule has 1 atom stereocenters. The SMILES string of the molecule is CN1CCCN(C)C(c2nc(Br)cc(Br)n2)C1. The number of halogens is 2. The average molecular weight is 364 g/mol. The highest BCUT2D eigenvalue weighted by Crippen LogP contribution is 2.23. The van der Waals surface area contributed by atoms with Gasteiger partial charge >= 0.3 is 0 Å². The fourth-order valence-corrected chi connectivity index (χ4v) is 3.21. The molecule has 0 amide bonds. The fraction of sp³-hybridized carbons (Fsp3) is 0.636. The van der Waals surface area contributed by atoms with Gasteiger partial charge in [-0.1, -0.05) is 0 Å². The highest BCUT2D eigenvalue weighted by molar-refractivity contribution is 9.11. The summed E-state index contributed by atoms with van der Waals surface area (Å²) in [4.78, 5) is 13.7. The van der Waals surface area contributed by atoms with Crippen molar-refractivity contribution in [3.63, 3.8) is 0 Å². The van der Waals surface area contributed by atoms with E-state index in [1.165, 1.54) is 6.42 Å². The molecular weight excluding hydrogens is 348 g/mol. The smallest absolute Gasteiger partial charge is 0.149 e. The Morgan fingerprint density at radius 1 is 1.18 bits per heavy atom. The highest BCUT2D eigenvalue weighted by atomic mass is 79.9. The Kier molecular flexibility index (Phi) is 4.52. The monoisotopic (exact) mass is 362 g/mol. The molecule has 2 rings (SSSR count). The molecule has 0 N–H and O–H groups in total. The molecule has 0 radical (unpaired) electrons. The molecule has 1 aliphatic rings. The van der Waals surface area contributed by atoms with Crippen molar-refractivity contribution in [2.45, 2.75) is 12.5 Å². The summed E-state index contributed by atoms with van der Waals surface area (Å²) in [5.41, 5.74) is 0. The molecule has 1 fully saturated rings. The molecule has 1 aromatic rings. The van der Waals surface area contributed by atoms with Gasteiger partial charge < -0.3 is 4.90 Å². The molecule has 1 saturated heterocycles. The molecule has 2 heterocycles. The molecule has 0 saturated carbocycles. The molecule has 17 heavy (non-hydrogen) atoms. The molecule has 1 unspecified atom stereocenters. The van der Waals surface area contributed by atoms with Crippen LogP contribution >= 0.6 is 31.9 Å². The lowest BCUT2D eigenvalue weighted by atomic mass is 10.2. The Labute approximate surface area is 119 Å². The van der Waals surface area contributed by atoms with Crippen LogP contribution in [0.4, 0.5) is 0 Å². The molecule has 0 aliphatic carbocycles. The Bertz CT molecular complexity index is 379. The molecule has 94 valence electrons. The zero-order valence-corrected chi connectivity index (χ0v) is 13.2. The van der Waals surface area contributed by atoms with E-state index in [1.54, 1.807) is 0 Å². The van der Waals surface area contributed by atoms with Gasteiger partial charge in [-0.15, -0.1) is 0 Å². The van der Waals surface area contributed by atoms with Crippen molar-refractivity contribution in [3.05, 3.63) is 21.1 Å². The van der Waals surface area contributed by atoms with Crippen LogP contribution in [0.1, 0.15) is 18.3 Å². The molecule has 6 heteroatoms. The summed E-state index contributed by atoms with van der Waals surface area (Å²) in [6.45, 7) is 3.19. The van der Waals surface area contributed by atoms with E-state index in [2.05, 4.69) is 65.7 Å². The first-order valence-corrected chi connectivity index (χ1v) is 7.23. The molecule has 0 spiro atoms. The number of likely N-dealkylation sites (N-methyl/N-ethyl adjacent to an activating group) is 2. The maximum Gasteiger partial charge on any atom is 0.149 e. The zero-order chi connectivity index (χ0) is 12.4. The van der Waals surface area contributed by atoms with Crippen molar-refractivity contribution in [3.8, 4) is 0 Å². The van der Waals surface area contributed by atoms with Gasteiger partial charge in [0.25, 0.3) is 0 Å². The van der Waals surface area contributed by atoms with Crippen LogP contribution < -0.4 is 0 Å². The van der Waals surface area contributed by atoms with E-state index < -0.39 is 0 Å². The van der Waals surface area contributed by atoms with Gasteiger partial charge in [0.05, 0.1) is 6.04 Å². The first-order chi connectivity index (χ1) is 8.06. The van der Waals surface area contributed by atoms with Gasteiger partial charge in [0.1, 0.15) is 15.0 Å². The van der Waals surface area contributed by atoms with E-state index in [4.69, 9.17) is 0 Å². The van der Waals surface area contributed by atoms with Gasteiger partial charge in [-0.05, 0) is 65.5 Å². The number of hydrogen-bond donors (Lipinski definition) is 0. The first-order valence-electron chi connectivity index (χ1n) is 5.65. The van der Waals surface area contributed by atoms with Crippen molar-refractivity contribution in [1.29, 1.82) is 0 Å². The summed E-state index contributed by atoms with van der Waals surface area (Å²) < 4.78 is 1.66. The normalized spacial score (nSPS) is 23.6. The van der Waals surface area contributed by atoms with E-state index in [0.717, 1.165) is 34.7 Å². The minimum Gasteiger partial charge on any atom is -0.304 e. The lowest BCUT2D eigenvalue weighted by Gasteiger charge is -2.26. The Hall–Kier alpha value is -0.0400. The molecule has 0 bridgehead atoms. The summed E-state index contributed by atoms with van der Waals surface area (Å²) in [6.07, 6.45) is 1.19. The highest BCUT2D eigenvalue weighted by Gasteiger charge is 2.24. The van der Waals surface area contributed by atoms with Crippen molar-refractivity contribution in [1.82, 2.24) is 19.8 Å². The Morgan fingerprint density at radius 2 is 1.82 bits per heavy atom. The van der Waals surface area contributed by atoms with E-state index in [9.17, 15) is 0 Å². The third kappa shape index (κ3) is 3.47.